The maximum Gasteiger partial charge on any atom is 0.312 e. The number of urea groups is 1. The summed E-state index contributed by atoms with van der Waals surface area (Å²) in [7, 11) is 1.70. The summed E-state index contributed by atoms with van der Waals surface area (Å²) in [6, 6.07) is -0.815. The predicted octanol–water partition coefficient (Wildman–Crippen LogP) is -1.62. The quantitative estimate of drug-likeness (QED) is 0.390. The van der Waals surface area contributed by atoms with Gasteiger partial charge in [0.2, 0.25) is 5.91 Å². The van der Waals surface area contributed by atoms with E-state index in [4.69, 9.17) is 5.73 Å². The Morgan fingerprint density at radius 1 is 1.31 bits per heavy atom. The van der Waals surface area contributed by atoms with E-state index in [9.17, 15) is 9.59 Å². The molecule has 13 heavy (non-hydrogen) atoms. The molecule has 1 unspecified atom stereocenters. The van der Waals surface area contributed by atoms with Crippen LogP contribution in [0.2, 0.25) is 0 Å². The van der Waals surface area contributed by atoms with Crippen molar-refractivity contribution in [2.24, 2.45) is 5.73 Å². The Hall–Kier alpha value is -1.30. The van der Waals surface area contributed by atoms with E-state index in [1.54, 1.807) is 14.0 Å². The molecule has 0 heterocycles. The smallest absolute Gasteiger partial charge is 0.312 e. The summed E-state index contributed by atoms with van der Waals surface area (Å²) in [6.07, 6.45) is 0. The average molecular weight is 188 g/mol. The number of amides is 3. The van der Waals surface area contributed by atoms with E-state index in [-0.39, 0.29) is 11.9 Å². The van der Waals surface area contributed by atoms with E-state index in [1.807, 2.05) is 0 Å². The lowest BCUT2D eigenvalue weighted by molar-refractivity contribution is -0.122. The van der Waals surface area contributed by atoms with Crippen LogP contribution in [0.25, 0.3) is 0 Å². The Balaban J connectivity index is 3.42. The number of hydrogen-bond acceptors (Lipinski definition) is 3. The fourth-order valence-corrected chi connectivity index (χ4v) is 0.656. The van der Waals surface area contributed by atoms with Crippen LogP contribution in [0.15, 0.2) is 0 Å². The van der Waals surface area contributed by atoms with Gasteiger partial charge in [0, 0.05) is 13.1 Å². The van der Waals surface area contributed by atoms with Crippen molar-refractivity contribution >= 4 is 11.9 Å². The highest BCUT2D eigenvalue weighted by atomic mass is 16.2. The molecule has 0 aromatic heterocycles. The first-order valence-electron chi connectivity index (χ1n) is 4.06. The fraction of sp³-hybridized carbons (Fsp3) is 0.714. The van der Waals surface area contributed by atoms with Crippen LogP contribution in [-0.4, -0.2) is 38.1 Å². The monoisotopic (exact) mass is 188 g/mol. The maximum absolute atomic E-state index is 11.1. The number of primary amides is 1. The van der Waals surface area contributed by atoms with Gasteiger partial charge in [0.25, 0.3) is 0 Å². The third-order valence-corrected chi connectivity index (χ3v) is 1.55. The Bertz CT molecular complexity index is 183. The van der Waals surface area contributed by atoms with E-state index >= 15 is 0 Å². The van der Waals surface area contributed by atoms with Crippen molar-refractivity contribution < 1.29 is 9.59 Å². The number of carbonyl (C=O) groups is 2. The number of carbonyl (C=O) groups excluding carboxylic acids is 2. The summed E-state index contributed by atoms with van der Waals surface area (Å²) in [5, 5.41) is 7.77. The van der Waals surface area contributed by atoms with Gasteiger partial charge < -0.3 is 21.7 Å². The zero-order valence-electron chi connectivity index (χ0n) is 7.89. The minimum Gasteiger partial charge on any atom is -0.353 e. The zero-order chi connectivity index (χ0) is 10.3. The van der Waals surface area contributed by atoms with Gasteiger partial charge in [-0.3, -0.25) is 4.79 Å². The van der Waals surface area contributed by atoms with Gasteiger partial charge in [0.05, 0.1) is 6.04 Å². The van der Waals surface area contributed by atoms with Gasteiger partial charge in [-0.05, 0) is 14.0 Å². The zero-order valence-corrected chi connectivity index (χ0v) is 7.89. The third-order valence-electron chi connectivity index (χ3n) is 1.55. The van der Waals surface area contributed by atoms with Crippen LogP contribution < -0.4 is 21.7 Å². The molecule has 6 heteroatoms. The lowest BCUT2D eigenvalue weighted by atomic mass is 10.3. The Labute approximate surface area is 77.2 Å². The number of likely N-dealkylation sites (N-methyl/N-ethyl adjacent to an activating group) is 1. The van der Waals surface area contributed by atoms with Crippen LogP contribution in [0.3, 0.4) is 0 Å². The van der Waals surface area contributed by atoms with Gasteiger partial charge in [-0.1, -0.05) is 0 Å². The molecule has 0 aromatic carbocycles. The highest BCUT2D eigenvalue weighted by Gasteiger charge is 2.07. The average Bonchev–Trinajstić information content (AvgIpc) is 2.10. The molecule has 0 aliphatic rings. The normalized spacial score (nSPS) is 11.8. The fourth-order valence-electron chi connectivity index (χ4n) is 0.656. The molecule has 3 amide bonds. The molecule has 0 aromatic rings. The maximum atomic E-state index is 11.1. The molecule has 1 atom stereocenters. The van der Waals surface area contributed by atoms with Crippen LogP contribution in [0.5, 0.6) is 0 Å². The van der Waals surface area contributed by atoms with Crippen LogP contribution in [-0.2, 0) is 4.79 Å². The van der Waals surface area contributed by atoms with Crippen LogP contribution in [0, 0.1) is 0 Å². The summed E-state index contributed by atoms with van der Waals surface area (Å²) in [4.78, 5) is 21.3. The van der Waals surface area contributed by atoms with Crippen molar-refractivity contribution in [3.63, 3.8) is 0 Å². The van der Waals surface area contributed by atoms with Gasteiger partial charge in [-0.15, -0.1) is 0 Å². The summed E-state index contributed by atoms with van der Waals surface area (Å²) >= 11 is 0. The second kappa shape index (κ2) is 6.24. The van der Waals surface area contributed by atoms with E-state index in [1.165, 1.54) is 0 Å². The first kappa shape index (κ1) is 11.7. The molecule has 0 fully saturated rings. The largest absolute Gasteiger partial charge is 0.353 e. The minimum atomic E-state index is -0.587. The van der Waals surface area contributed by atoms with Crippen molar-refractivity contribution in [1.29, 1.82) is 0 Å². The molecule has 0 bridgehead atoms. The summed E-state index contributed by atoms with van der Waals surface area (Å²) < 4.78 is 0. The first-order chi connectivity index (χ1) is 6.07. The minimum absolute atomic E-state index is 0.103. The molecule has 0 rings (SSSR count). The molecule has 0 radical (unpaired) electrons. The van der Waals surface area contributed by atoms with Gasteiger partial charge in [-0.2, -0.15) is 0 Å². The Kier molecular flexibility index (Phi) is 5.62. The van der Waals surface area contributed by atoms with E-state index in [2.05, 4.69) is 16.0 Å². The van der Waals surface area contributed by atoms with Gasteiger partial charge in [0.15, 0.2) is 0 Å². The van der Waals surface area contributed by atoms with Gasteiger partial charge >= 0.3 is 6.03 Å². The molecule has 5 N–H and O–H groups in total. The molecule has 0 aliphatic carbocycles. The van der Waals surface area contributed by atoms with Crippen LogP contribution in [0.1, 0.15) is 6.92 Å². The predicted molar refractivity (Wildman–Crippen MR) is 49.1 cm³/mol. The molecule has 6 nitrogen and oxygen atoms in total. The molecular formula is C7H16N4O2. The number of nitrogens with one attached hydrogen (secondary N) is 3. The standard InChI is InChI=1S/C7H16N4O2/c1-5(9-2)6(12)10-3-4-11-7(8)13/h5,9H,3-4H2,1-2H3,(H,10,12)(H3,8,11,13). The molecule has 0 spiro atoms. The topological polar surface area (TPSA) is 96.2 Å². The van der Waals surface area contributed by atoms with Gasteiger partial charge in [0.1, 0.15) is 0 Å². The van der Waals surface area contributed by atoms with Crippen LogP contribution in [0.4, 0.5) is 4.79 Å². The highest BCUT2D eigenvalue weighted by molar-refractivity contribution is 5.81. The Morgan fingerprint density at radius 2 is 1.85 bits per heavy atom. The number of hydrogen-bond donors (Lipinski definition) is 4. The van der Waals surface area contributed by atoms with E-state index in [0.717, 1.165) is 0 Å². The Morgan fingerprint density at radius 3 is 2.31 bits per heavy atom. The van der Waals surface area contributed by atoms with Crippen molar-refractivity contribution in [3.05, 3.63) is 0 Å². The second-order valence-electron chi connectivity index (χ2n) is 2.59. The van der Waals surface area contributed by atoms with E-state index < -0.39 is 6.03 Å². The summed E-state index contributed by atoms with van der Waals surface area (Å²) in [5.74, 6) is -0.103. The molecular weight excluding hydrogens is 172 g/mol. The SMILES string of the molecule is CNC(C)C(=O)NCCNC(N)=O. The summed E-state index contributed by atoms with van der Waals surface area (Å²) in [5.41, 5.74) is 4.82. The van der Waals surface area contributed by atoms with E-state index in [0.29, 0.717) is 13.1 Å². The lowest BCUT2D eigenvalue weighted by Gasteiger charge is -2.10. The van der Waals surface area contributed by atoms with Crippen molar-refractivity contribution in [2.45, 2.75) is 13.0 Å². The van der Waals surface area contributed by atoms with Gasteiger partial charge in [-0.25, -0.2) is 4.79 Å². The number of nitrogens with two attached hydrogens (primary N) is 1. The van der Waals surface area contributed by atoms with Crippen LogP contribution >= 0.6 is 0 Å². The molecule has 76 valence electrons. The molecule has 0 aliphatic heterocycles. The van der Waals surface area contributed by atoms with Crippen molar-refractivity contribution in [1.82, 2.24) is 16.0 Å². The summed E-state index contributed by atoms with van der Waals surface area (Å²) in [6.45, 7) is 2.47. The lowest BCUT2D eigenvalue weighted by Crippen LogP contribution is -2.44. The van der Waals surface area contributed by atoms with Crippen molar-refractivity contribution in [3.8, 4) is 0 Å². The van der Waals surface area contributed by atoms with Crippen molar-refractivity contribution in [2.75, 3.05) is 20.1 Å². The third kappa shape index (κ3) is 5.92. The first-order valence-corrected chi connectivity index (χ1v) is 4.06. The number of rotatable bonds is 5. The highest BCUT2D eigenvalue weighted by Crippen LogP contribution is 1.77. The molecule has 0 saturated heterocycles. The second-order valence-corrected chi connectivity index (χ2v) is 2.59. The molecule has 0 saturated carbocycles.